The third-order valence-electron chi connectivity index (χ3n) is 2.47. The zero-order valence-corrected chi connectivity index (χ0v) is 12.4. The van der Waals surface area contributed by atoms with E-state index in [4.69, 9.17) is 18.1 Å². The van der Waals surface area contributed by atoms with Gasteiger partial charge in [0.25, 0.3) is 0 Å². The van der Waals surface area contributed by atoms with Gasteiger partial charge in [-0.2, -0.15) is 8.42 Å². The van der Waals surface area contributed by atoms with E-state index >= 15 is 0 Å². The van der Waals surface area contributed by atoms with Crippen LogP contribution in [-0.2, 0) is 16.7 Å². The topological polar surface area (TPSA) is 101 Å². The van der Waals surface area contributed by atoms with Gasteiger partial charge in [0, 0.05) is 12.5 Å². The molecular weight excluding hydrogens is 266 g/mol. The molecule has 0 fully saturated rings. The average Bonchev–Trinajstić information content (AvgIpc) is 2.26. The molecule has 0 aliphatic carbocycles. The van der Waals surface area contributed by atoms with Crippen LogP contribution in [0.5, 0.6) is 0 Å². The van der Waals surface area contributed by atoms with Crippen molar-refractivity contribution in [1.82, 2.24) is 0 Å². The standard InChI is InChI=1S/C13H20O.H3NO3S/c1-10(2)8-12-4-6-13(7-5-12)11(3)9-14;1-5(2,3)4/h4-7,10-11,14H,8-9H2,1-3H3;(H3,1,2,3,4). The van der Waals surface area contributed by atoms with Crippen LogP contribution in [0.25, 0.3) is 0 Å². The molecule has 0 aliphatic rings. The van der Waals surface area contributed by atoms with Crippen molar-refractivity contribution in [3.63, 3.8) is 0 Å². The molecule has 4 N–H and O–H groups in total. The highest BCUT2D eigenvalue weighted by Crippen LogP contribution is 2.16. The molecular formula is C13H23NO4S. The van der Waals surface area contributed by atoms with Gasteiger partial charge in [0.15, 0.2) is 0 Å². The first kappa shape index (κ1) is 18.0. The van der Waals surface area contributed by atoms with Crippen LogP contribution < -0.4 is 5.14 Å². The summed E-state index contributed by atoms with van der Waals surface area (Å²) in [5.41, 5.74) is 2.61. The van der Waals surface area contributed by atoms with Gasteiger partial charge >= 0.3 is 10.3 Å². The highest BCUT2D eigenvalue weighted by Gasteiger charge is 2.03. The minimum atomic E-state index is -4.17. The summed E-state index contributed by atoms with van der Waals surface area (Å²) in [6.45, 7) is 6.72. The van der Waals surface area contributed by atoms with Gasteiger partial charge < -0.3 is 5.11 Å². The van der Waals surface area contributed by atoms with Crippen molar-refractivity contribution in [1.29, 1.82) is 0 Å². The summed E-state index contributed by atoms with van der Waals surface area (Å²) in [7, 11) is -4.17. The van der Waals surface area contributed by atoms with Crippen molar-refractivity contribution < 1.29 is 18.1 Å². The molecule has 1 aromatic rings. The van der Waals surface area contributed by atoms with Gasteiger partial charge in [-0.1, -0.05) is 45.0 Å². The molecule has 0 saturated carbocycles. The fraction of sp³-hybridized carbons (Fsp3) is 0.538. The summed E-state index contributed by atoms with van der Waals surface area (Å²) >= 11 is 0. The second kappa shape index (κ2) is 8.27. The Morgan fingerprint density at radius 3 is 1.89 bits per heavy atom. The van der Waals surface area contributed by atoms with E-state index in [1.807, 2.05) is 6.92 Å². The van der Waals surface area contributed by atoms with Gasteiger partial charge in [-0.25, -0.2) is 5.14 Å². The Morgan fingerprint density at radius 1 is 1.16 bits per heavy atom. The number of benzene rings is 1. The first-order chi connectivity index (χ1) is 8.63. The Hall–Kier alpha value is -0.950. The molecule has 1 atom stereocenters. The molecule has 1 unspecified atom stereocenters. The summed E-state index contributed by atoms with van der Waals surface area (Å²) in [6, 6.07) is 8.58. The van der Waals surface area contributed by atoms with E-state index in [0.717, 1.165) is 6.42 Å². The predicted molar refractivity (Wildman–Crippen MR) is 76.2 cm³/mol. The lowest BCUT2D eigenvalue weighted by atomic mass is 9.97. The Kier molecular flexibility index (Phi) is 7.85. The van der Waals surface area contributed by atoms with Crippen LogP contribution in [0, 0.1) is 5.92 Å². The molecule has 19 heavy (non-hydrogen) atoms. The Bertz CT molecular complexity index is 446. The van der Waals surface area contributed by atoms with Crippen LogP contribution in [-0.4, -0.2) is 24.7 Å². The fourth-order valence-corrected chi connectivity index (χ4v) is 1.56. The Balaban J connectivity index is 0.000000555. The van der Waals surface area contributed by atoms with Crippen LogP contribution in [0.4, 0.5) is 0 Å². The SMILES string of the molecule is CC(C)Cc1ccc(C(C)CO)cc1.NS(=O)(=O)O. The number of nitrogens with two attached hydrogens (primary N) is 1. The first-order valence-corrected chi connectivity index (χ1v) is 7.58. The largest absolute Gasteiger partial charge is 0.396 e. The predicted octanol–water partition coefficient (Wildman–Crippen LogP) is 1.73. The van der Waals surface area contributed by atoms with Crippen LogP contribution >= 0.6 is 0 Å². The number of rotatable bonds is 4. The van der Waals surface area contributed by atoms with E-state index in [2.05, 4.69) is 43.3 Å². The van der Waals surface area contributed by atoms with Crippen molar-refractivity contribution in [2.24, 2.45) is 11.1 Å². The third-order valence-corrected chi connectivity index (χ3v) is 2.47. The normalized spacial score (nSPS) is 12.8. The second-order valence-electron chi connectivity index (χ2n) is 4.94. The summed E-state index contributed by atoms with van der Waals surface area (Å²) < 4.78 is 25.2. The highest BCUT2D eigenvalue weighted by molar-refractivity contribution is 7.83. The lowest BCUT2D eigenvalue weighted by molar-refractivity contribution is 0.273. The lowest BCUT2D eigenvalue weighted by Crippen LogP contribution is -2.08. The molecule has 1 rings (SSSR count). The average molecular weight is 289 g/mol. The summed E-state index contributed by atoms with van der Waals surface area (Å²) in [4.78, 5) is 0. The molecule has 0 amide bonds. The molecule has 6 heteroatoms. The summed E-state index contributed by atoms with van der Waals surface area (Å²) in [6.07, 6.45) is 1.13. The van der Waals surface area contributed by atoms with Crippen molar-refractivity contribution in [3.05, 3.63) is 35.4 Å². The van der Waals surface area contributed by atoms with Crippen LogP contribution in [0.1, 0.15) is 37.8 Å². The second-order valence-corrected chi connectivity index (χ2v) is 5.97. The van der Waals surface area contributed by atoms with E-state index in [9.17, 15) is 0 Å². The van der Waals surface area contributed by atoms with Crippen molar-refractivity contribution >= 4 is 10.3 Å². The molecule has 0 bridgehead atoms. The Morgan fingerprint density at radius 2 is 1.58 bits per heavy atom. The third kappa shape index (κ3) is 10.6. The molecule has 0 radical (unpaired) electrons. The van der Waals surface area contributed by atoms with E-state index in [-0.39, 0.29) is 12.5 Å². The van der Waals surface area contributed by atoms with Crippen molar-refractivity contribution in [2.45, 2.75) is 33.1 Å². The van der Waals surface area contributed by atoms with Crippen LogP contribution in [0.2, 0.25) is 0 Å². The van der Waals surface area contributed by atoms with Crippen LogP contribution in [0.3, 0.4) is 0 Å². The molecule has 0 aliphatic heterocycles. The number of hydrogen-bond acceptors (Lipinski definition) is 3. The quantitative estimate of drug-likeness (QED) is 0.735. The maximum Gasteiger partial charge on any atom is 0.330 e. The molecule has 0 aromatic heterocycles. The molecule has 5 nitrogen and oxygen atoms in total. The zero-order valence-electron chi connectivity index (χ0n) is 11.6. The van der Waals surface area contributed by atoms with Gasteiger partial charge in [0.05, 0.1) is 0 Å². The molecule has 0 saturated heterocycles. The first-order valence-electron chi connectivity index (χ1n) is 6.08. The van der Waals surface area contributed by atoms with E-state index < -0.39 is 10.3 Å². The van der Waals surface area contributed by atoms with Gasteiger partial charge in [-0.15, -0.1) is 0 Å². The van der Waals surface area contributed by atoms with Crippen LogP contribution in [0.15, 0.2) is 24.3 Å². The highest BCUT2D eigenvalue weighted by atomic mass is 32.2. The minimum Gasteiger partial charge on any atom is -0.396 e. The van der Waals surface area contributed by atoms with E-state index in [0.29, 0.717) is 5.92 Å². The maximum atomic E-state index is 9.00. The molecule has 0 heterocycles. The number of hydrogen-bond donors (Lipinski definition) is 3. The van der Waals surface area contributed by atoms with E-state index in [1.165, 1.54) is 11.1 Å². The Labute approximate surface area is 115 Å². The minimum absolute atomic E-state index is 0.226. The molecule has 110 valence electrons. The number of aliphatic hydroxyl groups excluding tert-OH is 1. The van der Waals surface area contributed by atoms with E-state index in [1.54, 1.807) is 0 Å². The fourth-order valence-electron chi connectivity index (χ4n) is 1.56. The van der Waals surface area contributed by atoms with Gasteiger partial charge in [-0.05, 0) is 23.5 Å². The van der Waals surface area contributed by atoms with Crippen molar-refractivity contribution in [2.75, 3.05) is 6.61 Å². The maximum absolute atomic E-state index is 9.00. The molecule has 1 aromatic carbocycles. The zero-order chi connectivity index (χ0) is 15.1. The number of aliphatic hydroxyl groups is 1. The van der Waals surface area contributed by atoms with Gasteiger partial charge in [0.1, 0.15) is 0 Å². The van der Waals surface area contributed by atoms with Crippen molar-refractivity contribution in [3.8, 4) is 0 Å². The summed E-state index contributed by atoms with van der Waals surface area (Å²) in [5.74, 6) is 0.958. The monoisotopic (exact) mass is 289 g/mol. The summed E-state index contributed by atoms with van der Waals surface area (Å²) in [5, 5.41) is 12.9. The lowest BCUT2D eigenvalue weighted by Gasteiger charge is -2.10. The molecule has 0 spiro atoms. The van der Waals surface area contributed by atoms with Gasteiger partial charge in [0.2, 0.25) is 0 Å². The smallest absolute Gasteiger partial charge is 0.330 e. The van der Waals surface area contributed by atoms with Gasteiger partial charge in [-0.3, -0.25) is 4.55 Å².